The van der Waals surface area contributed by atoms with E-state index in [-0.39, 0.29) is 0 Å². The van der Waals surface area contributed by atoms with E-state index >= 15 is 0 Å². The van der Waals surface area contributed by atoms with Crippen LogP contribution in [0.25, 0.3) is 93.0 Å². The van der Waals surface area contributed by atoms with Crippen molar-refractivity contribution in [3.63, 3.8) is 0 Å². The van der Waals surface area contributed by atoms with Crippen LogP contribution in [0.2, 0.25) is 0 Å². The van der Waals surface area contributed by atoms with Gasteiger partial charge in [0.25, 0.3) is 0 Å². The van der Waals surface area contributed by atoms with Crippen LogP contribution in [-0.2, 0) is 12.8 Å². The molecule has 0 spiro atoms. The van der Waals surface area contributed by atoms with E-state index in [2.05, 4.69) is 158 Å². The van der Waals surface area contributed by atoms with Gasteiger partial charge in [-0.15, -0.1) is 0 Å². The van der Waals surface area contributed by atoms with E-state index in [1.807, 2.05) is 0 Å². The summed E-state index contributed by atoms with van der Waals surface area (Å²) < 4.78 is 0. The SMILES string of the molecule is C1=c2ccccc2=C2Cc3cccc4c3c(c3cccc5cccc4c53)=C12.c1ccc2c(c1)Cc1c-2c2cccc3ccc4cccc1c4c32. The molecule has 0 aliphatic heterocycles. The zero-order valence-corrected chi connectivity index (χ0v) is 27.4. The number of hydrogen-bond acceptors (Lipinski definition) is 0. The molecule has 3 aliphatic rings. The number of fused-ring (bicyclic) bond motifs is 9. The maximum atomic E-state index is 2.41. The summed E-state index contributed by atoms with van der Waals surface area (Å²) >= 11 is 0. The van der Waals surface area contributed by atoms with Gasteiger partial charge in [0, 0.05) is 0 Å². The zero-order valence-electron chi connectivity index (χ0n) is 27.4. The molecule has 0 aromatic heterocycles. The fourth-order valence-electron chi connectivity index (χ4n) is 9.86. The monoisotopic (exact) mass is 630 g/mol. The molecule has 0 bridgehead atoms. The second-order valence-corrected chi connectivity index (χ2v) is 14.3. The molecule has 0 heterocycles. The van der Waals surface area contributed by atoms with Crippen LogP contribution in [0, 0.1) is 0 Å². The lowest BCUT2D eigenvalue weighted by molar-refractivity contribution is 1.29. The largest absolute Gasteiger partial charge is 0.0619 e. The third-order valence-corrected chi connectivity index (χ3v) is 11.8. The molecule has 0 amide bonds. The van der Waals surface area contributed by atoms with E-state index in [4.69, 9.17) is 0 Å². The second-order valence-electron chi connectivity index (χ2n) is 14.3. The summed E-state index contributed by atoms with van der Waals surface area (Å²) in [6, 6.07) is 56.0. The highest BCUT2D eigenvalue weighted by Gasteiger charge is 2.25. The average molecular weight is 631 g/mol. The summed E-state index contributed by atoms with van der Waals surface area (Å²) in [5.74, 6) is 0. The molecule has 3 aliphatic carbocycles. The molecule has 50 heavy (non-hydrogen) atoms. The lowest BCUT2D eigenvalue weighted by atomic mass is 9.82. The summed E-state index contributed by atoms with van der Waals surface area (Å²) in [7, 11) is 0. The molecule has 0 unspecified atom stereocenters. The normalized spacial score (nSPS) is 13.9. The van der Waals surface area contributed by atoms with Crippen molar-refractivity contribution in [1.82, 2.24) is 0 Å². The second kappa shape index (κ2) is 9.68. The first-order valence-corrected chi connectivity index (χ1v) is 17.8. The molecule has 230 valence electrons. The fourth-order valence-corrected chi connectivity index (χ4v) is 9.86. The van der Waals surface area contributed by atoms with E-state index < -0.39 is 0 Å². The third kappa shape index (κ3) is 3.40. The van der Waals surface area contributed by atoms with Crippen LogP contribution in [-0.4, -0.2) is 0 Å². The van der Waals surface area contributed by atoms with Gasteiger partial charge in [0.05, 0.1) is 0 Å². The minimum absolute atomic E-state index is 1.02. The molecule has 0 heteroatoms. The molecule has 0 nitrogen and oxygen atoms in total. The smallest absolute Gasteiger partial charge is 0.000705 e. The highest BCUT2D eigenvalue weighted by Crippen LogP contribution is 2.48. The predicted molar refractivity (Wildman–Crippen MR) is 213 cm³/mol. The van der Waals surface area contributed by atoms with Crippen molar-refractivity contribution in [1.29, 1.82) is 0 Å². The Kier molecular flexibility index (Phi) is 5.17. The van der Waals surface area contributed by atoms with Crippen LogP contribution in [0.5, 0.6) is 0 Å². The van der Waals surface area contributed by atoms with Gasteiger partial charge in [-0.25, -0.2) is 0 Å². The summed E-state index contributed by atoms with van der Waals surface area (Å²) in [4.78, 5) is 0. The van der Waals surface area contributed by atoms with Crippen molar-refractivity contribution >= 4 is 81.9 Å². The van der Waals surface area contributed by atoms with E-state index in [1.54, 1.807) is 0 Å². The third-order valence-electron chi connectivity index (χ3n) is 11.8. The first-order chi connectivity index (χ1) is 24.8. The fraction of sp³-hybridized carbons (Fsp3) is 0.0400. The molecule has 0 radical (unpaired) electrons. The van der Waals surface area contributed by atoms with Gasteiger partial charge < -0.3 is 0 Å². The summed E-state index contributed by atoms with van der Waals surface area (Å²) in [6.45, 7) is 0. The van der Waals surface area contributed by atoms with Crippen LogP contribution in [0.15, 0.2) is 152 Å². The van der Waals surface area contributed by atoms with Gasteiger partial charge in [-0.05, 0) is 138 Å². The molecule has 0 fully saturated rings. The molecular formula is C50H30. The zero-order chi connectivity index (χ0) is 32.5. The molecular weight excluding hydrogens is 601 g/mol. The molecule has 0 saturated carbocycles. The highest BCUT2D eigenvalue weighted by molar-refractivity contribution is 6.29. The van der Waals surface area contributed by atoms with Gasteiger partial charge >= 0.3 is 0 Å². The highest BCUT2D eigenvalue weighted by atomic mass is 14.3. The van der Waals surface area contributed by atoms with Crippen molar-refractivity contribution in [3.8, 4) is 11.1 Å². The summed E-state index contributed by atoms with van der Waals surface area (Å²) in [6.07, 6.45) is 4.48. The summed E-state index contributed by atoms with van der Waals surface area (Å²) in [5.41, 5.74) is 10.2. The Morgan fingerprint density at radius 3 is 1.80 bits per heavy atom. The van der Waals surface area contributed by atoms with Gasteiger partial charge in [-0.3, -0.25) is 0 Å². The first-order valence-electron chi connectivity index (χ1n) is 17.8. The van der Waals surface area contributed by atoms with Crippen molar-refractivity contribution in [2.24, 2.45) is 0 Å². The standard InChI is InChI=1S/C27H16.C23H14/c1-2-10-19-17(6-1)14-24-23(19)15-18-9-5-12-21-20-11-3-7-16-8-4-13-22(25(16)20)27(24)26(18)21;1-2-8-17-16(5-1)13-20-18-9-3-6-14-11-12-15-7-4-10-19(23(17)20)22(15)21(14)18/h1-14H,15H2;1-12H,13H2. The van der Waals surface area contributed by atoms with Gasteiger partial charge in [0.2, 0.25) is 0 Å². The Morgan fingerprint density at radius 2 is 0.980 bits per heavy atom. The van der Waals surface area contributed by atoms with Crippen LogP contribution in [0.3, 0.4) is 0 Å². The Balaban J connectivity index is 0.000000116. The minimum Gasteiger partial charge on any atom is -0.0619 e. The first kappa shape index (κ1) is 26.7. The van der Waals surface area contributed by atoms with Crippen LogP contribution in [0.1, 0.15) is 16.7 Å². The van der Waals surface area contributed by atoms with Crippen molar-refractivity contribution in [2.45, 2.75) is 12.8 Å². The quantitative estimate of drug-likeness (QED) is 0.116. The molecule has 0 saturated heterocycles. The van der Waals surface area contributed by atoms with Crippen molar-refractivity contribution in [3.05, 3.63) is 184 Å². The molecule has 0 N–H and O–H groups in total. The molecule has 13 rings (SSSR count). The van der Waals surface area contributed by atoms with Crippen LogP contribution < -0.4 is 15.7 Å². The molecule has 10 aromatic carbocycles. The lowest BCUT2D eigenvalue weighted by Crippen LogP contribution is -2.23. The van der Waals surface area contributed by atoms with E-state index in [1.165, 1.54) is 119 Å². The Morgan fingerprint density at radius 1 is 0.380 bits per heavy atom. The van der Waals surface area contributed by atoms with Gasteiger partial charge in [0.1, 0.15) is 0 Å². The van der Waals surface area contributed by atoms with Crippen molar-refractivity contribution in [2.75, 3.05) is 0 Å². The van der Waals surface area contributed by atoms with Gasteiger partial charge in [-0.1, -0.05) is 152 Å². The van der Waals surface area contributed by atoms with Crippen LogP contribution >= 0.6 is 0 Å². The Bertz CT molecular complexity index is 3300. The molecule has 10 aromatic rings. The summed E-state index contributed by atoms with van der Waals surface area (Å²) in [5, 5.41) is 20.9. The average Bonchev–Trinajstić information content (AvgIpc) is 3.75. The van der Waals surface area contributed by atoms with Crippen molar-refractivity contribution < 1.29 is 0 Å². The topological polar surface area (TPSA) is 0 Å². The van der Waals surface area contributed by atoms with E-state index in [0.717, 1.165) is 12.8 Å². The Hall–Kier alpha value is -6.24. The predicted octanol–water partition coefficient (Wildman–Crippen LogP) is 10.4. The van der Waals surface area contributed by atoms with Crippen LogP contribution in [0.4, 0.5) is 0 Å². The minimum atomic E-state index is 1.02. The number of hydrogen-bond donors (Lipinski definition) is 0. The number of benzene rings is 10. The number of rotatable bonds is 0. The lowest BCUT2D eigenvalue weighted by Gasteiger charge is -2.21. The molecule has 0 atom stereocenters. The maximum Gasteiger partial charge on any atom is -0.000705 e. The van der Waals surface area contributed by atoms with E-state index in [9.17, 15) is 0 Å². The Labute approximate surface area is 288 Å². The van der Waals surface area contributed by atoms with E-state index in [0.29, 0.717) is 0 Å². The van der Waals surface area contributed by atoms with Gasteiger partial charge in [0.15, 0.2) is 0 Å². The maximum absolute atomic E-state index is 2.41. The van der Waals surface area contributed by atoms with Gasteiger partial charge in [-0.2, -0.15) is 0 Å².